The number of methoxy groups -OCH3 is 1. The van der Waals surface area contributed by atoms with Gasteiger partial charge in [-0.2, -0.15) is 0 Å². The van der Waals surface area contributed by atoms with E-state index in [0.717, 1.165) is 33.3 Å². The van der Waals surface area contributed by atoms with E-state index in [9.17, 15) is 9.59 Å². The number of carbonyl (C=O) groups is 2. The van der Waals surface area contributed by atoms with Gasteiger partial charge in [0.2, 0.25) is 5.91 Å². The molecule has 8 nitrogen and oxygen atoms in total. The molecule has 0 saturated carbocycles. The fraction of sp³-hybridized carbons (Fsp3) is 0.222. The zero-order valence-corrected chi connectivity index (χ0v) is 24.8. The second-order valence-electron chi connectivity index (χ2n) is 10.5. The van der Waals surface area contributed by atoms with Gasteiger partial charge in [0.1, 0.15) is 23.9 Å². The zero-order chi connectivity index (χ0) is 30.6. The van der Waals surface area contributed by atoms with Gasteiger partial charge in [-0.15, -0.1) is 0 Å². The molecule has 2 amide bonds. The van der Waals surface area contributed by atoms with Gasteiger partial charge in [0.25, 0.3) is 5.91 Å². The molecular weight excluding hydrogens is 554 g/mol. The predicted octanol–water partition coefficient (Wildman–Crippen LogP) is 5.61. The molecule has 1 atom stereocenters. The highest BCUT2D eigenvalue weighted by Gasteiger charge is 2.17. The third kappa shape index (κ3) is 8.64. The highest BCUT2D eigenvalue weighted by molar-refractivity contribution is 5.83. The molecule has 44 heavy (non-hydrogen) atoms. The summed E-state index contributed by atoms with van der Waals surface area (Å²) < 4.78 is 17.0. The van der Waals surface area contributed by atoms with Crippen molar-refractivity contribution in [1.82, 2.24) is 15.6 Å². The van der Waals surface area contributed by atoms with Crippen LogP contribution in [0.25, 0.3) is 10.9 Å². The number of aromatic nitrogens is 1. The van der Waals surface area contributed by atoms with Gasteiger partial charge in [-0.1, -0.05) is 66.7 Å². The molecule has 0 aliphatic rings. The number of fused-ring (bicyclic) bond motifs is 1. The molecule has 0 saturated heterocycles. The third-order valence-corrected chi connectivity index (χ3v) is 7.31. The van der Waals surface area contributed by atoms with Crippen LogP contribution in [0.15, 0.2) is 109 Å². The second kappa shape index (κ2) is 15.3. The number of hydrogen-bond donors (Lipinski definition) is 3. The molecule has 1 aromatic heterocycles. The van der Waals surface area contributed by atoms with Crippen LogP contribution in [-0.4, -0.2) is 43.1 Å². The van der Waals surface area contributed by atoms with Crippen molar-refractivity contribution in [2.24, 2.45) is 0 Å². The monoisotopic (exact) mass is 591 g/mol. The number of para-hydroxylation sites is 2. The van der Waals surface area contributed by atoms with Gasteiger partial charge < -0.3 is 29.8 Å². The summed E-state index contributed by atoms with van der Waals surface area (Å²) in [5, 5.41) is 7.13. The first-order chi connectivity index (χ1) is 21.6. The van der Waals surface area contributed by atoms with Crippen molar-refractivity contribution >= 4 is 22.7 Å². The first-order valence-corrected chi connectivity index (χ1v) is 14.7. The molecule has 3 N–H and O–H groups in total. The lowest BCUT2D eigenvalue weighted by atomic mass is 10.0. The summed E-state index contributed by atoms with van der Waals surface area (Å²) in [6, 6.07) is 32.5. The van der Waals surface area contributed by atoms with Crippen LogP contribution in [0.1, 0.15) is 23.1 Å². The largest absolute Gasteiger partial charge is 0.496 e. The van der Waals surface area contributed by atoms with Crippen LogP contribution in [-0.2, 0) is 29.0 Å². The van der Waals surface area contributed by atoms with Crippen molar-refractivity contribution in [3.63, 3.8) is 0 Å². The number of aryl methyl sites for hydroxylation is 1. The maximum Gasteiger partial charge on any atom is 0.258 e. The first kappa shape index (κ1) is 30.2. The Kier molecular flexibility index (Phi) is 10.5. The van der Waals surface area contributed by atoms with Crippen LogP contribution in [0.4, 0.5) is 0 Å². The van der Waals surface area contributed by atoms with E-state index >= 15 is 0 Å². The number of H-pyrrole nitrogens is 1. The van der Waals surface area contributed by atoms with Gasteiger partial charge in [-0.3, -0.25) is 9.59 Å². The maximum atomic E-state index is 13.0. The zero-order valence-electron chi connectivity index (χ0n) is 24.8. The van der Waals surface area contributed by atoms with E-state index in [1.165, 1.54) is 0 Å². The molecule has 4 aromatic carbocycles. The summed E-state index contributed by atoms with van der Waals surface area (Å²) in [6.07, 6.45) is 3.35. The van der Waals surface area contributed by atoms with E-state index in [0.29, 0.717) is 37.4 Å². The van der Waals surface area contributed by atoms with Crippen molar-refractivity contribution < 1.29 is 23.8 Å². The molecule has 0 spiro atoms. The standard InChI is InChI=1S/C36H37N3O5/c1-42-34-14-8-5-11-27(34)15-20-35(40)38-23-29(21-28-22-37-33-13-7-6-12-32(28)33)39-36(41)25-44-31-18-16-30(17-19-31)43-24-26-9-3-2-4-10-26/h2-14,16-19,22,29,37H,15,20-21,23-25H2,1H3,(H,38,40)(H,39,41)/t29-/m1/s1. The summed E-state index contributed by atoms with van der Waals surface area (Å²) in [5.41, 5.74) is 4.13. The second-order valence-corrected chi connectivity index (χ2v) is 10.5. The van der Waals surface area contributed by atoms with Gasteiger partial charge in [0, 0.05) is 30.1 Å². The summed E-state index contributed by atoms with van der Waals surface area (Å²) in [6.45, 7) is 0.595. The SMILES string of the molecule is COc1ccccc1CCC(=O)NC[C@@H](Cc1c[nH]c2ccccc12)NC(=O)COc1ccc(OCc2ccccc2)cc1. The topological polar surface area (TPSA) is 102 Å². The van der Waals surface area contributed by atoms with Gasteiger partial charge >= 0.3 is 0 Å². The van der Waals surface area contributed by atoms with Gasteiger partial charge in [0.15, 0.2) is 6.61 Å². The number of hydrogen-bond acceptors (Lipinski definition) is 5. The average molecular weight is 592 g/mol. The number of nitrogens with one attached hydrogen (secondary N) is 3. The minimum absolute atomic E-state index is 0.0973. The Morgan fingerprint density at radius 2 is 1.48 bits per heavy atom. The molecule has 0 unspecified atom stereocenters. The third-order valence-electron chi connectivity index (χ3n) is 7.31. The summed E-state index contributed by atoms with van der Waals surface area (Å²) in [5.74, 6) is 1.66. The van der Waals surface area contributed by atoms with Crippen LogP contribution in [0.5, 0.6) is 17.2 Å². The van der Waals surface area contributed by atoms with E-state index in [-0.39, 0.29) is 31.0 Å². The molecule has 0 fully saturated rings. The van der Waals surface area contributed by atoms with Gasteiger partial charge in [0.05, 0.1) is 13.2 Å². The summed E-state index contributed by atoms with van der Waals surface area (Å²) in [4.78, 5) is 29.0. The quantitative estimate of drug-likeness (QED) is 0.147. The van der Waals surface area contributed by atoms with Crippen LogP contribution < -0.4 is 24.8 Å². The Balaban J connectivity index is 1.15. The smallest absolute Gasteiger partial charge is 0.258 e. The molecule has 8 heteroatoms. The van der Waals surface area contributed by atoms with Crippen LogP contribution in [0.2, 0.25) is 0 Å². The average Bonchev–Trinajstić information content (AvgIpc) is 3.48. The highest BCUT2D eigenvalue weighted by Crippen LogP contribution is 2.21. The van der Waals surface area contributed by atoms with Crippen molar-refractivity contribution in [1.29, 1.82) is 0 Å². The van der Waals surface area contributed by atoms with Crippen molar-refractivity contribution in [2.75, 3.05) is 20.3 Å². The van der Waals surface area contributed by atoms with E-state index in [1.807, 2.05) is 97.2 Å². The lowest BCUT2D eigenvalue weighted by Gasteiger charge is -2.20. The number of carbonyl (C=O) groups excluding carboxylic acids is 2. The van der Waals surface area contributed by atoms with E-state index in [1.54, 1.807) is 19.2 Å². The highest BCUT2D eigenvalue weighted by atomic mass is 16.5. The Labute approximate surface area is 257 Å². The van der Waals surface area contributed by atoms with Gasteiger partial charge in [-0.25, -0.2) is 0 Å². The van der Waals surface area contributed by atoms with Crippen LogP contribution >= 0.6 is 0 Å². The molecule has 0 aliphatic carbocycles. The number of amides is 2. The van der Waals surface area contributed by atoms with Crippen molar-refractivity contribution in [3.8, 4) is 17.2 Å². The Bertz CT molecular complexity index is 1650. The fourth-order valence-corrected chi connectivity index (χ4v) is 5.01. The van der Waals surface area contributed by atoms with Gasteiger partial charge in [-0.05, 0) is 65.9 Å². The number of benzene rings is 4. The fourth-order valence-electron chi connectivity index (χ4n) is 5.01. The van der Waals surface area contributed by atoms with Crippen molar-refractivity contribution in [2.45, 2.75) is 31.9 Å². The van der Waals surface area contributed by atoms with Crippen molar-refractivity contribution in [3.05, 3.63) is 126 Å². The van der Waals surface area contributed by atoms with E-state index in [4.69, 9.17) is 14.2 Å². The number of rotatable bonds is 15. The number of ether oxygens (including phenoxy) is 3. The molecule has 5 rings (SSSR count). The Morgan fingerprint density at radius 1 is 0.773 bits per heavy atom. The van der Waals surface area contributed by atoms with E-state index in [2.05, 4.69) is 15.6 Å². The molecule has 0 radical (unpaired) electrons. The molecular formula is C36H37N3O5. The Hall–Kier alpha value is -5.24. The molecule has 1 heterocycles. The summed E-state index contributed by atoms with van der Waals surface area (Å²) >= 11 is 0. The lowest BCUT2D eigenvalue weighted by molar-refractivity contribution is -0.125. The number of aromatic amines is 1. The predicted molar refractivity (Wildman–Crippen MR) is 171 cm³/mol. The first-order valence-electron chi connectivity index (χ1n) is 14.7. The van der Waals surface area contributed by atoms with E-state index < -0.39 is 0 Å². The minimum Gasteiger partial charge on any atom is -0.496 e. The minimum atomic E-state index is -0.339. The molecule has 0 bridgehead atoms. The van der Waals surface area contributed by atoms with Crippen LogP contribution in [0.3, 0.4) is 0 Å². The normalized spacial score (nSPS) is 11.5. The molecule has 0 aliphatic heterocycles. The maximum absolute atomic E-state index is 13.0. The summed E-state index contributed by atoms with van der Waals surface area (Å²) in [7, 11) is 1.62. The molecule has 226 valence electrons. The van der Waals surface area contributed by atoms with Crippen LogP contribution in [0, 0.1) is 0 Å². The Morgan fingerprint density at radius 3 is 2.27 bits per heavy atom. The lowest BCUT2D eigenvalue weighted by Crippen LogP contribution is -2.46. The molecule has 5 aromatic rings.